The third-order valence-electron chi connectivity index (χ3n) is 3.54. The first-order chi connectivity index (χ1) is 9.54. The molecule has 2 rings (SSSR count). The highest BCUT2D eigenvalue weighted by Crippen LogP contribution is 2.24. The summed E-state index contributed by atoms with van der Waals surface area (Å²) in [5.74, 6) is -0.635. The molecule has 6 heteroatoms. The number of anilines is 2. The summed E-state index contributed by atoms with van der Waals surface area (Å²) < 4.78 is 4.77. The van der Waals surface area contributed by atoms with Crippen LogP contribution >= 0.6 is 0 Å². The van der Waals surface area contributed by atoms with Crippen LogP contribution in [0.3, 0.4) is 0 Å². The Balaban J connectivity index is 2.27. The zero-order valence-corrected chi connectivity index (χ0v) is 11.5. The van der Waals surface area contributed by atoms with E-state index in [0.717, 1.165) is 12.8 Å². The molecular formula is C14H19N3O3. The van der Waals surface area contributed by atoms with Crippen LogP contribution in [0.2, 0.25) is 0 Å². The second kappa shape index (κ2) is 5.81. The summed E-state index contributed by atoms with van der Waals surface area (Å²) >= 11 is 0. The topological polar surface area (TPSA) is 98.6 Å². The monoisotopic (exact) mass is 277 g/mol. The summed E-state index contributed by atoms with van der Waals surface area (Å²) in [7, 11) is 1.33. The summed E-state index contributed by atoms with van der Waals surface area (Å²) in [5, 5.41) is 0. The van der Waals surface area contributed by atoms with E-state index < -0.39 is 6.04 Å². The number of hydrogen-bond acceptors (Lipinski definition) is 5. The summed E-state index contributed by atoms with van der Waals surface area (Å²) in [6, 6.07) is 4.24. The molecule has 0 aromatic heterocycles. The zero-order chi connectivity index (χ0) is 14.7. The van der Waals surface area contributed by atoms with Crippen molar-refractivity contribution in [2.24, 2.45) is 0 Å². The zero-order valence-electron chi connectivity index (χ0n) is 11.5. The lowest BCUT2D eigenvalue weighted by atomic mass is 10.0. The van der Waals surface area contributed by atoms with Crippen molar-refractivity contribution >= 4 is 23.3 Å². The lowest BCUT2D eigenvalue weighted by molar-refractivity contribution is -0.147. The number of rotatable bonds is 2. The van der Waals surface area contributed by atoms with Crippen LogP contribution in [0.1, 0.15) is 29.6 Å². The van der Waals surface area contributed by atoms with Gasteiger partial charge in [0.05, 0.1) is 12.7 Å². The number of ether oxygens (including phenoxy) is 1. The predicted octanol–water partition coefficient (Wildman–Crippen LogP) is 1.02. The van der Waals surface area contributed by atoms with Crippen LogP contribution in [0, 0.1) is 0 Å². The molecule has 1 atom stereocenters. The van der Waals surface area contributed by atoms with Crippen molar-refractivity contribution in [2.75, 3.05) is 25.1 Å². The van der Waals surface area contributed by atoms with Gasteiger partial charge in [0.25, 0.3) is 5.91 Å². The van der Waals surface area contributed by atoms with Crippen LogP contribution in [0.4, 0.5) is 11.4 Å². The molecule has 0 radical (unpaired) electrons. The fourth-order valence-corrected chi connectivity index (χ4v) is 2.49. The number of hydrogen-bond donors (Lipinski definition) is 2. The maximum Gasteiger partial charge on any atom is 0.328 e. The van der Waals surface area contributed by atoms with Crippen molar-refractivity contribution in [1.29, 1.82) is 0 Å². The molecule has 4 N–H and O–H groups in total. The van der Waals surface area contributed by atoms with Gasteiger partial charge in [0, 0.05) is 17.9 Å². The second-order valence-corrected chi connectivity index (χ2v) is 4.88. The van der Waals surface area contributed by atoms with Crippen LogP contribution in [0.15, 0.2) is 18.2 Å². The first-order valence-electron chi connectivity index (χ1n) is 6.58. The Morgan fingerprint density at radius 3 is 2.70 bits per heavy atom. The van der Waals surface area contributed by atoms with Gasteiger partial charge in [-0.15, -0.1) is 0 Å². The Kier molecular flexibility index (Phi) is 4.12. The lowest BCUT2D eigenvalue weighted by Gasteiger charge is -2.34. The van der Waals surface area contributed by atoms with E-state index in [1.165, 1.54) is 12.0 Å². The number of piperidine rings is 1. The minimum absolute atomic E-state index is 0.252. The standard InChI is InChI=1S/C14H19N3O3/c1-20-14(19)12-4-2-3-7-17(12)13(18)10-6-5-9(15)8-11(10)16/h5-6,8,12H,2-4,7,15-16H2,1H3. The molecule has 0 saturated carbocycles. The van der Waals surface area contributed by atoms with Gasteiger partial charge in [-0.05, 0) is 37.5 Å². The Bertz CT molecular complexity index is 530. The van der Waals surface area contributed by atoms with E-state index in [2.05, 4.69) is 0 Å². The van der Waals surface area contributed by atoms with E-state index >= 15 is 0 Å². The highest BCUT2D eigenvalue weighted by atomic mass is 16.5. The summed E-state index contributed by atoms with van der Waals surface area (Å²) in [6.45, 7) is 0.530. The SMILES string of the molecule is COC(=O)C1CCCCN1C(=O)c1ccc(N)cc1N. The molecule has 1 aliphatic rings. The molecule has 1 fully saturated rings. The number of nitrogen functional groups attached to an aromatic ring is 2. The molecule has 108 valence electrons. The maximum atomic E-state index is 12.6. The third-order valence-corrected chi connectivity index (χ3v) is 3.54. The molecule has 1 saturated heterocycles. The van der Waals surface area contributed by atoms with E-state index in [1.54, 1.807) is 18.2 Å². The molecule has 1 amide bonds. The Morgan fingerprint density at radius 2 is 2.05 bits per heavy atom. The Morgan fingerprint density at radius 1 is 1.30 bits per heavy atom. The maximum absolute atomic E-state index is 12.6. The first-order valence-corrected chi connectivity index (χ1v) is 6.58. The first kappa shape index (κ1) is 14.2. The highest BCUT2D eigenvalue weighted by Gasteiger charge is 2.33. The van der Waals surface area contributed by atoms with Gasteiger partial charge in [0.1, 0.15) is 6.04 Å². The Hall–Kier alpha value is -2.24. The van der Waals surface area contributed by atoms with Crippen molar-refractivity contribution in [3.05, 3.63) is 23.8 Å². The van der Waals surface area contributed by atoms with Crippen molar-refractivity contribution in [3.8, 4) is 0 Å². The largest absolute Gasteiger partial charge is 0.467 e. The van der Waals surface area contributed by atoms with Crippen LogP contribution in [0.25, 0.3) is 0 Å². The number of nitrogens with zero attached hydrogens (tertiary/aromatic N) is 1. The van der Waals surface area contributed by atoms with Gasteiger partial charge in [-0.1, -0.05) is 0 Å². The highest BCUT2D eigenvalue weighted by molar-refractivity contribution is 6.01. The number of likely N-dealkylation sites (tertiary alicyclic amines) is 1. The quantitative estimate of drug-likeness (QED) is 0.621. The lowest BCUT2D eigenvalue weighted by Crippen LogP contribution is -2.48. The van der Waals surface area contributed by atoms with E-state index in [4.69, 9.17) is 16.2 Å². The molecular weight excluding hydrogens is 258 g/mol. The normalized spacial score (nSPS) is 18.6. The number of esters is 1. The smallest absolute Gasteiger partial charge is 0.328 e. The molecule has 1 heterocycles. The minimum atomic E-state index is -0.529. The van der Waals surface area contributed by atoms with Gasteiger partial charge in [-0.2, -0.15) is 0 Å². The fourth-order valence-electron chi connectivity index (χ4n) is 2.49. The van der Waals surface area contributed by atoms with Crippen LogP contribution in [0.5, 0.6) is 0 Å². The van der Waals surface area contributed by atoms with Gasteiger partial charge < -0.3 is 21.1 Å². The molecule has 1 aliphatic heterocycles. The summed E-state index contributed by atoms with van der Waals surface area (Å²) in [5.41, 5.74) is 12.7. The van der Waals surface area contributed by atoms with Crippen molar-refractivity contribution in [2.45, 2.75) is 25.3 Å². The van der Waals surface area contributed by atoms with E-state index in [0.29, 0.717) is 29.9 Å². The van der Waals surface area contributed by atoms with Crippen molar-refractivity contribution in [3.63, 3.8) is 0 Å². The van der Waals surface area contributed by atoms with Crippen LogP contribution in [-0.2, 0) is 9.53 Å². The average Bonchev–Trinajstić information content (AvgIpc) is 2.46. The van der Waals surface area contributed by atoms with Crippen molar-refractivity contribution in [1.82, 2.24) is 4.90 Å². The molecule has 1 aromatic carbocycles. The van der Waals surface area contributed by atoms with Crippen LogP contribution < -0.4 is 11.5 Å². The number of carbonyl (C=O) groups is 2. The number of nitrogens with two attached hydrogens (primary N) is 2. The fraction of sp³-hybridized carbons (Fsp3) is 0.429. The average molecular weight is 277 g/mol. The van der Waals surface area contributed by atoms with Gasteiger partial charge >= 0.3 is 5.97 Å². The minimum Gasteiger partial charge on any atom is -0.467 e. The molecule has 20 heavy (non-hydrogen) atoms. The molecule has 0 aliphatic carbocycles. The molecule has 1 unspecified atom stereocenters. The number of carbonyl (C=O) groups excluding carboxylic acids is 2. The Labute approximate surface area is 117 Å². The summed E-state index contributed by atoms with van der Waals surface area (Å²) in [4.78, 5) is 25.9. The predicted molar refractivity (Wildman–Crippen MR) is 76.0 cm³/mol. The second-order valence-electron chi connectivity index (χ2n) is 4.88. The van der Waals surface area contributed by atoms with Gasteiger partial charge in [-0.25, -0.2) is 4.79 Å². The number of methoxy groups -OCH3 is 1. The van der Waals surface area contributed by atoms with Crippen LogP contribution in [-0.4, -0.2) is 36.5 Å². The van der Waals surface area contributed by atoms with E-state index in [9.17, 15) is 9.59 Å². The third kappa shape index (κ3) is 2.68. The van der Waals surface area contributed by atoms with Gasteiger partial charge in [0.2, 0.25) is 0 Å². The number of benzene rings is 1. The molecule has 1 aromatic rings. The number of amides is 1. The van der Waals surface area contributed by atoms with E-state index in [-0.39, 0.29) is 11.9 Å². The van der Waals surface area contributed by atoms with Gasteiger partial charge in [0.15, 0.2) is 0 Å². The molecule has 0 bridgehead atoms. The molecule has 6 nitrogen and oxygen atoms in total. The molecule has 0 spiro atoms. The summed E-state index contributed by atoms with van der Waals surface area (Å²) in [6.07, 6.45) is 2.39. The van der Waals surface area contributed by atoms with E-state index in [1.807, 2.05) is 0 Å². The van der Waals surface area contributed by atoms with Gasteiger partial charge in [-0.3, -0.25) is 4.79 Å². The van der Waals surface area contributed by atoms with Crippen molar-refractivity contribution < 1.29 is 14.3 Å².